The highest BCUT2D eigenvalue weighted by Gasteiger charge is 2.43. The molecule has 3 heteroatoms. The Morgan fingerprint density at radius 3 is 2.52 bits per heavy atom. The van der Waals surface area contributed by atoms with Crippen LogP contribution >= 0.6 is 0 Å². The largest absolute Gasteiger partial charge is 0.303 e. The molecule has 2 aliphatic carbocycles. The molecule has 2 atom stereocenters. The second kappa shape index (κ2) is 7.61. The molecule has 0 spiro atoms. The van der Waals surface area contributed by atoms with E-state index in [-0.39, 0.29) is 5.54 Å². The lowest BCUT2D eigenvalue weighted by Gasteiger charge is -2.35. The molecule has 0 aliphatic heterocycles. The average molecular weight is 291 g/mol. The van der Waals surface area contributed by atoms with Crippen LogP contribution in [0, 0.1) is 17.2 Å². The van der Waals surface area contributed by atoms with E-state index >= 15 is 0 Å². The molecule has 1 N–H and O–H groups in total. The van der Waals surface area contributed by atoms with E-state index in [0.717, 1.165) is 19.0 Å². The van der Waals surface area contributed by atoms with Crippen LogP contribution in [0.1, 0.15) is 71.6 Å². The van der Waals surface area contributed by atoms with Gasteiger partial charge in [0.15, 0.2) is 0 Å². The number of nitrogens with zero attached hydrogens (tertiary/aromatic N) is 2. The summed E-state index contributed by atoms with van der Waals surface area (Å²) in [5.74, 6) is 0.524. The zero-order valence-corrected chi connectivity index (χ0v) is 14.2. The average Bonchev–Trinajstić information content (AvgIpc) is 2.88. The highest BCUT2D eigenvalue weighted by molar-refractivity contribution is 5.14. The summed E-state index contributed by atoms with van der Waals surface area (Å²) in [4.78, 5) is 2.56. The number of nitriles is 1. The van der Waals surface area contributed by atoms with E-state index in [1.54, 1.807) is 0 Å². The van der Waals surface area contributed by atoms with E-state index in [0.29, 0.717) is 12.0 Å². The fraction of sp³-hybridized carbons (Fsp3) is 0.944. The molecule has 2 rings (SSSR count). The van der Waals surface area contributed by atoms with E-state index < -0.39 is 0 Å². The molecule has 120 valence electrons. The topological polar surface area (TPSA) is 39.1 Å². The zero-order valence-electron chi connectivity index (χ0n) is 14.2. The van der Waals surface area contributed by atoms with E-state index in [1.807, 2.05) is 0 Å². The predicted octanol–water partition coefficient (Wildman–Crippen LogP) is 3.70. The molecule has 0 saturated heterocycles. The van der Waals surface area contributed by atoms with Gasteiger partial charge in [-0.1, -0.05) is 25.7 Å². The van der Waals surface area contributed by atoms with Crippen molar-refractivity contribution >= 4 is 0 Å². The van der Waals surface area contributed by atoms with E-state index in [1.165, 1.54) is 51.4 Å². The number of rotatable bonds is 6. The molecule has 2 unspecified atom stereocenters. The van der Waals surface area contributed by atoms with Gasteiger partial charge in [-0.15, -0.1) is 0 Å². The summed E-state index contributed by atoms with van der Waals surface area (Å²) in [7, 11) is 2.29. The van der Waals surface area contributed by atoms with Crippen molar-refractivity contribution in [2.75, 3.05) is 13.6 Å². The maximum absolute atomic E-state index is 9.72. The molecule has 0 bridgehead atoms. The standard InChI is InChI=1S/C18H33N3/c1-15(2)20-18(14-19)12-7-8-16(18)11-13-21(3)17-9-5-4-6-10-17/h15-17,20H,4-13H2,1-3H3. The fourth-order valence-electron chi connectivity index (χ4n) is 4.42. The summed E-state index contributed by atoms with van der Waals surface area (Å²) in [6, 6.07) is 3.81. The molecule has 21 heavy (non-hydrogen) atoms. The van der Waals surface area contributed by atoms with Gasteiger partial charge in [-0.2, -0.15) is 5.26 Å². The van der Waals surface area contributed by atoms with Gasteiger partial charge in [-0.05, 0) is 65.5 Å². The Labute approximate surface area is 131 Å². The first-order valence-electron chi connectivity index (χ1n) is 8.96. The van der Waals surface area contributed by atoms with Crippen LogP contribution in [0.4, 0.5) is 0 Å². The highest BCUT2D eigenvalue weighted by atomic mass is 15.1. The Balaban J connectivity index is 1.87. The summed E-state index contributed by atoms with van der Waals surface area (Å²) >= 11 is 0. The van der Waals surface area contributed by atoms with Gasteiger partial charge in [-0.3, -0.25) is 5.32 Å². The van der Waals surface area contributed by atoms with Crippen molar-refractivity contribution in [2.24, 2.45) is 5.92 Å². The molecule has 2 fully saturated rings. The predicted molar refractivity (Wildman–Crippen MR) is 88.1 cm³/mol. The van der Waals surface area contributed by atoms with E-state index in [4.69, 9.17) is 0 Å². The third-order valence-electron chi connectivity index (χ3n) is 5.59. The monoisotopic (exact) mass is 291 g/mol. The van der Waals surface area contributed by atoms with Crippen molar-refractivity contribution in [3.05, 3.63) is 0 Å². The Bertz CT molecular complexity index is 354. The first kappa shape index (κ1) is 16.8. The van der Waals surface area contributed by atoms with Gasteiger partial charge in [0.05, 0.1) is 6.07 Å². The molecule has 0 aromatic rings. The summed E-state index contributed by atoms with van der Waals surface area (Å²) in [5.41, 5.74) is -0.262. The molecule has 0 aromatic heterocycles. The van der Waals surface area contributed by atoms with Crippen molar-refractivity contribution in [3.63, 3.8) is 0 Å². The minimum absolute atomic E-state index is 0.262. The molecular weight excluding hydrogens is 258 g/mol. The van der Waals surface area contributed by atoms with Gasteiger partial charge in [0.1, 0.15) is 5.54 Å². The minimum Gasteiger partial charge on any atom is -0.303 e. The van der Waals surface area contributed by atoms with Crippen molar-refractivity contribution < 1.29 is 0 Å². The third-order valence-corrected chi connectivity index (χ3v) is 5.59. The van der Waals surface area contributed by atoms with Crippen LogP contribution in [0.5, 0.6) is 0 Å². The fourth-order valence-corrected chi connectivity index (χ4v) is 4.42. The number of nitrogens with one attached hydrogen (secondary N) is 1. The summed E-state index contributed by atoms with van der Waals surface area (Å²) in [6.45, 7) is 5.46. The van der Waals surface area contributed by atoms with E-state index in [2.05, 4.69) is 37.2 Å². The Morgan fingerprint density at radius 2 is 1.90 bits per heavy atom. The van der Waals surface area contributed by atoms with Crippen LogP contribution in [0.25, 0.3) is 0 Å². The molecule has 2 saturated carbocycles. The van der Waals surface area contributed by atoms with Crippen LogP contribution in [0.3, 0.4) is 0 Å². The van der Waals surface area contributed by atoms with Crippen LogP contribution in [0.15, 0.2) is 0 Å². The zero-order chi connectivity index (χ0) is 15.3. The molecular formula is C18H33N3. The van der Waals surface area contributed by atoms with Gasteiger partial charge in [0.2, 0.25) is 0 Å². The summed E-state index contributed by atoms with van der Waals surface area (Å²) < 4.78 is 0. The lowest BCUT2D eigenvalue weighted by Crippen LogP contribution is -2.51. The SMILES string of the molecule is CC(C)NC1(C#N)CCCC1CCN(C)C1CCCCC1. The lowest BCUT2D eigenvalue weighted by atomic mass is 9.84. The molecule has 0 heterocycles. The van der Waals surface area contributed by atoms with Crippen molar-refractivity contribution in [2.45, 2.75) is 89.3 Å². The smallest absolute Gasteiger partial charge is 0.109 e. The van der Waals surface area contributed by atoms with Crippen molar-refractivity contribution in [1.29, 1.82) is 5.26 Å². The van der Waals surface area contributed by atoms with Crippen molar-refractivity contribution in [3.8, 4) is 6.07 Å². The second-order valence-corrected chi connectivity index (χ2v) is 7.53. The minimum atomic E-state index is -0.262. The molecule has 0 aromatic carbocycles. The van der Waals surface area contributed by atoms with Gasteiger partial charge in [0.25, 0.3) is 0 Å². The Kier molecular flexibility index (Phi) is 6.08. The number of hydrogen-bond donors (Lipinski definition) is 1. The van der Waals surface area contributed by atoms with Crippen LogP contribution < -0.4 is 5.32 Å². The van der Waals surface area contributed by atoms with Gasteiger partial charge in [0, 0.05) is 12.1 Å². The van der Waals surface area contributed by atoms with Gasteiger partial charge >= 0.3 is 0 Å². The van der Waals surface area contributed by atoms with Crippen molar-refractivity contribution in [1.82, 2.24) is 10.2 Å². The summed E-state index contributed by atoms with van der Waals surface area (Å²) in [5, 5.41) is 13.3. The molecule has 2 aliphatic rings. The van der Waals surface area contributed by atoms with E-state index in [9.17, 15) is 5.26 Å². The van der Waals surface area contributed by atoms with Crippen LogP contribution in [-0.4, -0.2) is 36.1 Å². The van der Waals surface area contributed by atoms with Crippen LogP contribution in [-0.2, 0) is 0 Å². The molecule has 0 radical (unpaired) electrons. The van der Waals surface area contributed by atoms with Gasteiger partial charge in [-0.25, -0.2) is 0 Å². The Morgan fingerprint density at radius 1 is 1.19 bits per heavy atom. The normalized spacial score (nSPS) is 31.0. The molecule has 3 nitrogen and oxygen atoms in total. The first-order valence-corrected chi connectivity index (χ1v) is 8.96. The number of hydrogen-bond acceptors (Lipinski definition) is 3. The highest BCUT2D eigenvalue weighted by Crippen LogP contribution is 2.38. The lowest BCUT2D eigenvalue weighted by molar-refractivity contribution is 0.168. The summed E-state index contributed by atoms with van der Waals surface area (Å²) in [6.07, 6.45) is 11.6. The maximum atomic E-state index is 9.72. The third kappa shape index (κ3) is 4.20. The van der Waals surface area contributed by atoms with Gasteiger partial charge < -0.3 is 4.90 Å². The molecule has 0 amide bonds. The first-order chi connectivity index (χ1) is 10.1. The maximum Gasteiger partial charge on any atom is 0.109 e. The second-order valence-electron chi connectivity index (χ2n) is 7.53. The van der Waals surface area contributed by atoms with Crippen LogP contribution in [0.2, 0.25) is 0 Å². The Hall–Kier alpha value is -0.590. The quantitative estimate of drug-likeness (QED) is 0.811.